The van der Waals surface area contributed by atoms with Crippen LogP contribution in [0.1, 0.15) is 16.7 Å². The number of hydrogen-bond acceptors (Lipinski definition) is 2. The van der Waals surface area contributed by atoms with Gasteiger partial charge in [0.1, 0.15) is 5.58 Å². The molecule has 0 N–H and O–H groups in total. The molecule has 8 aromatic carbocycles. The van der Waals surface area contributed by atoms with Crippen molar-refractivity contribution in [1.29, 1.82) is 0 Å². The molecule has 0 unspecified atom stereocenters. The summed E-state index contributed by atoms with van der Waals surface area (Å²) in [6, 6.07) is 62.0. The average molecular weight is 710 g/mol. The van der Waals surface area contributed by atoms with Crippen molar-refractivity contribution in [3.05, 3.63) is 187 Å². The Morgan fingerprint density at radius 3 is 2.09 bits per heavy atom. The topological polar surface area (TPSA) is 18.1 Å². The Kier molecular flexibility index (Phi) is 7.11. The predicted molar refractivity (Wildman–Crippen MR) is 230 cm³/mol. The van der Waals surface area contributed by atoms with Crippen molar-refractivity contribution in [3.63, 3.8) is 0 Å². The maximum absolute atomic E-state index is 6.53. The third-order valence-corrected chi connectivity index (χ3v) is 12.6. The normalized spacial score (nSPS) is 11.9. The van der Waals surface area contributed by atoms with Gasteiger partial charge in [-0.1, -0.05) is 127 Å². The van der Waals surface area contributed by atoms with Crippen molar-refractivity contribution >= 4 is 75.3 Å². The van der Waals surface area contributed by atoms with Gasteiger partial charge >= 0.3 is 0 Å². The van der Waals surface area contributed by atoms with Crippen LogP contribution >= 0.6 is 11.3 Å². The van der Waals surface area contributed by atoms with Crippen LogP contribution in [0.2, 0.25) is 0 Å². The van der Waals surface area contributed by atoms with Crippen molar-refractivity contribution in [2.75, 3.05) is 0 Å². The number of furan rings is 1. The second-order valence-corrected chi connectivity index (χ2v) is 15.5. The third-order valence-electron chi connectivity index (χ3n) is 11.3. The van der Waals surface area contributed by atoms with Crippen molar-refractivity contribution in [2.45, 2.75) is 19.8 Å². The first-order valence-corrected chi connectivity index (χ1v) is 19.5. The number of benzene rings is 8. The Morgan fingerprint density at radius 1 is 0.481 bits per heavy atom. The van der Waals surface area contributed by atoms with E-state index in [0.717, 1.165) is 40.5 Å². The van der Waals surface area contributed by atoms with Gasteiger partial charge in [0.2, 0.25) is 0 Å². The highest BCUT2D eigenvalue weighted by Crippen LogP contribution is 2.41. The molecule has 0 aliphatic heterocycles. The molecule has 2 nitrogen and oxygen atoms in total. The van der Waals surface area contributed by atoms with Gasteiger partial charge in [-0.15, -0.1) is 11.3 Å². The van der Waals surface area contributed by atoms with Crippen molar-refractivity contribution < 1.29 is 4.42 Å². The Hall–Kier alpha value is -6.42. The fourth-order valence-corrected chi connectivity index (χ4v) is 9.93. The van der Waals surface area contributed by atoms with E-state index in [1.54, 1.807) is 0 Å². The van der Waals surface area contributed by atoms with Crippen LogP contribution in [0.15, 0.2) is 174 Å². The molecule has 54 heavy (non-hydrogen) atoms. The number of hydrogen-bond donors (Lipinski definition) is 0. The largest absolute Gasteiger partial charge is 0.454 e. The number of aromatic nitrogens is 1. The smallest absolute Gasteiger partial charge is 0.159 e. The Balaban J connectivity index is 0.991. The quantitative estimate of drug-likeness (QED) is 0.168. The van der Waals surface area contributed by atoms with Crippen LogP contribution in [0, 0.1) is 6.92 Å². The molecule has 3 heterocycles. The monoisotopic (exact) mass is 709 g/mol. The van der Waals surface area contributed by atoms with Crippen molar-refractivity contribution in [3.8, 4) is 27.9 Å². The zero-order chi connectivity index (χ0) is 35.8. The van der Waals surface area contributed by atoms with Gasteiger partial charge in [-0.05, 0) is 101 Å². The summed E-state index contributed by atoms with van der Waals surface area (Å²) in [4.78, 5) is 0. The fraction of sp³-hybridized carbons (Fsp3) is 0.0588. The molecule has 0 saturated heterocycles. The number of thiophene rings is 1. The molecule has 3 aromatic heterocycles. The second-order valence-electron chi connectivity index (χ2n) is 14.4. The molecule has 0 atom stereocenters. The van der Waals surface area contributed by atoms with Gasteiger partial charge in [0.15, 0.2) is 5.58 Å². The molecule has 11 aromatic rings. The second kappa shape index (κ2) is 12.3. The molecule has 0 radical (unpaired) electrons. The third kappa shape index (κ3) is 4.86. The van der Waals surface area contributed by atoms with Crippen LogP contribution in [0.3, 0.4) is 0 Å². The van der Waals surface area contributed by atoms with Gasteiger partial charge in [0, 0.05) is 41.7 Å². The molecule has 0 amide bonds. The van der Waals surface area contributed by atoms with Crippen LogP contribution in [-0.2, 0) is 12.8 Å². The summed E-state index contributed by atoms with van der Waals surface area (Å²) in [6.45, 7) is 2.24. The highest BCUT2D eigenvalue weighted by atomic mass is 32.1. The molecule has 0 saturated carbocycles. The van der Waals surface area contributed by atoms with E-state index in [1.165, 1.54) is 80.9 Å². The molecule has 0 bridgehead atoms. The summed E-state index contributed by atoms with van der Waals surface area (Å²) in [6.07, 6.45) is 1.99. The van der Waals surface area contributed by atoms with E-state index in [-0.39, 0.29) is 0 Å². The first-order chi connectivity index (χ1) is 26.7. The lowest BCUT2D eigenvalue weighted by Crippen LogP contribution is -1.96. The van der Waals surface area contributed by atoms with E-state index in [2.05, 4.69) is 175 Å². The standard InChI is InChI=1S/C51H35NOS/c1-32-24-25-35(30-43(32)37-14-3-2-12-33(37)26-27-34-13-10-19-42-40-17-6-9-23-49(40)54-51(34)42)36-28-29-46-44(31-36)38-15-4-7-20-45(38)52(46)47-21-11-18-41-39-16-5-8-22-48(39)53-50(41)47/h2-25,28-31H,26-27H2,1H3. The number of fused-ring (bicyclic) bond motifs is 9. The fourth-order valence-electron chi connectivity index (χ4n) is 8.68. The minimum Gasteiger partial charge on any atom is -0.454 e. The summed E-state index contributed by atoms with van der Waals surface area (Å²) in [7, 11) is 0. The lowest BCUT2D eigenvalue weighted by Gasteiger charge is -2.15. The average Bonchev–Trinajstić information content (AvgIpc) is 3.90. The van der Waals surface area contributed by atoms with E-state index in [1.807, 2.05) is 17.4 Å². The highest BCUT2D eigenvalue weighted by molar-refractivity contribution is 7.26. The minimum absolute atomic E-state index is 0.910. The van der Waals surface area contributed by atoms with Gasteiger partial charge in [-0.25, -0.2) is 0 Å². The maximum Gasteiger partial charge on any atom is 0.159 e. The minimum atomic E-state index is 0.910. The number of rotatable bonds is 6. The molecule has 0 fully saturated rings. The molecule has 3 heteroatoms. The maximum atomic E-state index is 6.53. The number of aryl methyl sites for hydroxylation is 3. The van der Waals surface area contributed by atoms with Gasteiger partial charge < -0.3 is 8.98 Å². The van der Waals surface area contributed by atoms with E-state index >= 15 is 0 Å². The van der Waals surface area contributed by atoms with Crippen LogP contribution < -0.4 is 0 Å². The Labute approximate surface area is 317 Å². The van der Waals surface area contributed by atoms with Gasteiger partial charge in [0.25, 0.3) is 0 Å². The Bertz CT molecular complexity index is 3250. The van der Waals surface area contributed by atoms with Crippen LogP contribution in [0.5, 0.6) is 0 Å². The summed E-state index contributed by atoms with van der Waals surface area (Å²) < 4.78 is 11.7. The number of nitrogens with zero attached hydrogens (tertiary/aromatic N) is 1. The van der Waals surface area contributed by atoms with E-state index in [9.17, 15) is 0 Å². The van der Waals surface area contributed by atoms with Gasteiger partial charge in [-0.3, -0.25) is 0 Å². The van der Waals surface area contributed by atoms with Crippen LogP contribution in [-0.4, -0.2) is 4.57 Å². The SMILES string of the molecule is Cc1ccc(-c2ccc3c(c2)c2ccccc2n3-c2cccc3c2oc2ccccc23)cc1-c1ccccc1CCc1cccc2c1sc1ccccc12. The summed E-state index contributed by atoms with van der Waals surface area (Å²) in [5, 5.41) is 7.47. The van der Waals surface area contributed by atoms with Crippen LogP contribution in [0.25, 0.3) is 91.9 Å². The van der Waals surface area contributed by atoms with Crippen molar-refractivity contribution in [1.82, 2.24) is 4.57 Å². The lowest BCUT2D eigenvalue weighted by molar-refractivity contribution is 0.666. The van der Waals surface area contributed by atoms with Crippen molar-refractivity contribution in [2.24, 2.45) is 0 Å². The van der Waals surface area contributed by atoms with Gasteiger partial charge in [0.05, 0.1) is 16.7 Å². The molecule has 11 rings (SSSR count). The summed E-state index contributed by atoms with van der Waals surface area (Å²) in [5.41, 5.74) is 14.4. The molecule has 256 valence electrons. The zero-order valence-corrected chi connectivity index (χ0v) is 30.7. The molecular weight excluding hydrogens is 675 g/mol. The first kappa shape index (κ1) is 31.1. The predicted octanol–water partition coefficient (Wildman–Crippen LogP) is 14.5. The van der Waals surface area contributed by atoms with E-state index in [0.29, 0.717) is 0 Å². The highest BCUT2D eigenvalue weighted by Gasteiger charge is 2.19. The van der Waals surface area contributed by atoms with E-state index in [4.69, 9.17) is 4.42 Å². The number of para-hydroxylation sites is 3. The van der Waals surface area contributed by atoms with E-state index < -0.39 is 0 Å². The first-order valence-electron chi connectivity index (χ1n) is 18.7. The Morgan fingerprint density at radius 2 is 1.15 bits per heavy atom. The van der Waals surface area contributed by atoms with Gasteiger partial charge in [-0.2, -0.15) is 0 Å². The molecular formula is C51H35NOS. The molecule has 0 aliphatic carbocycles. The molecule has 0 spiro atoms. The molecule has 0 aliphatic rings. The lowest BCUT2D eigenvalue weighted by atomic mass is 9.90. The summed E-state index contributed by atoms with van der Waals surface area (Å²) in [5.74, 6) is 0. The summed E-state index contributed by atoms with van der Waals surface area (Å²) >= 11 is 1.92. The zero-order valence-electron chi connectivity index (χ0n) is 29.8. The van der Waals surface area contributed by atoms with Crippen LogP contribution in [0.4, 0.5) is 0 Å².